The number of ketones is 1. The van der Waals surface area contributed by atoms with Gasteiger partial charge in [0.05, 0.1) is 12.7 Å². The van der Waals surface area contributed by atoms with Crippen LogP contribution >= 0.6 is 0 Å². The minimum absolute atomic E-state index is 0.135. The van der Waals surface area contributed by atoms with Gasteiger partial charge in [0.2, 0.25) is 5.78 Å². The molecule has 21 heavy (non-hydrogen) atoms. The molecule has 0 saturated carbocycles. The Kier molecular flexibility index (Phi) is 3.14. The third-order valence-corrected chi connectivity index (χ3v) is 3.77. The Morgan fingerprint density at radius 2 is 2.19 bits per heavy atom. The molecule has 108 valence electrons. The van der Waals surface area contributed by atoms with Crippen LogP contribution in [0.4, 0.5) is 5.69 Å². The lowest BCUT2D eigenvalue weighted by atomic mass is 9.88. The molecule has 0 spiro atoms. The molecule has 0 saturated heterocycles. The molecule has 5 nitrogen and oxygen atoms in total. The number of nitrogens with one attached hydrogen (secondary N) is 1. The summed E-state index contributed by atoms with van der Waals surface area (Å²) in [6.07, 6.45) is 1.82. The quantitative estimate of drug-likeness (QED) is 0.844. The normalized spacial score (nSPS) is 20.2. The fraction of sp³-hybridized carbons (Fsp3) is 0.250. The summed E-state index contributed by atoms with van der Waals surface area (Å²) in [6.45, 7) is 1.99. The number of carbonyl (C=O) groups excluding carboxylic acids is 2. The number of aryl methyl sites for hydroxylation is 1. The number of fused-ring (bicyclic) bond motifs is 1. The zero-order chi connectivity index (χ0) is 15.0. The van der Waals surface area contributed by atoms with Crippen molar-refractivity contribution in [3.05, 3.63) is 53.5 Å². The molecule has 2 heterocycles. The highest BCUT2D eigenvalue weighted by Crippen LogP contribution is 2.39. The maximum Gasteiger partial charge on any atom is 0.261 e. The second kappa shape index (κ2) is 4.86. The van der Waals surface area contributed by atoms with Crippen molar-refractivity contribution in [1.29, 1.82) is 0 Å². The largest absolute Gasteiger partial charge is 0.461 e. The van der Waals surface area contributed by atoms with E-state index in [-0.39, 0.29) is 12.2 Å². The summed E-state index contributed by atoms with van der Waals surface area (Å²) < 4.78 is 5.03. The van der Waals surface area contributed by atoms with Gasteiger partial charge in [0, 0.05) is 11.3 Å². The van der Waals surface area contributed by atoms with Crippen molar-refractivity contribution in [2.24, 2.45) is 0 Å². The third-order valence-electron chi connectivity index (χ3n) is 3.77. The minimum Gasteiger partial charge on any atom is -0.461 e. The molecular formula is C16H15NO4. The molecule has 2 N–H and O–H groups in total. The first-order valence-electron chi connectivity index (χ1n) is 6.78. The lowest BCUT2D eigenvalue weighted by molar-refractivity contribution is -0.133. The highest BCUT2D eigenvalue weighted by atomic mass is 16.3. The number of benzene rings is 1. The molecule has 3 rings (SSSR count). The first kappa shape index (κ1) is 13.6. The van der Waals surface area contributed by atoms with Gasteiger partial charge in [-0.2, -0.15) is 0 Å². The van der Waals surface area contributed by atoms with Gasteiger partial charge < -0.3 is 14.8 Å². The zero-order valence-corrected chi connectivity index (χ0v) is 11.6. The van der Waals surface area contributed by atoms with Crippen molar-refractivity contribution < 1.29 is 19.1 Å². The molecule has 0 bridgehead atoms. The van der Waals surface area contributed by atoms with Gasteiger partial charge in [0.15, 0.2) is 11.4 Å². The van der Waals surface area contributed by atoms with Gasteiger partial charge >= 0.3 is 0 Å². The standard InChI is InChI=1S/C16H15NO4/c1-2-10-5-6-12-11(8-10)16(20,15(19)17-12)9-13(18)14-4-3-7-21-14/h3-8,20H,2,9H2,1H3,(H,17,19)/t16-/m1/s1. The van der Waals surface area contributed by atoms with Crippen LogP contribution in [0.2, 0.25) is 0 Å². The first-order valence-corrected chi connectivity index (χ1v) is 6.78. The van der Waals surface area contributed by atoms with E-state index < -0.39 is 17.3 Å². The molecule has 0 unspecified atom stereocenters. The lowest BCUT2D eigenvalue weighted by Crippen LogP contribution is -2.36. The van der Waals surface area contributed by atoms with Gasteiger partial charge in [-0.05, 0) is 30.2 Å². The summed E-state index contributed by atoms with van der Waals surface area (Å²) in [4.78, 5) is 24.3. The number of furan rings is 1. The number of rotatable bonds is 4. The minimum atomic E-state index is -1.84. The highest BCUT2D eigenvalue weighted by molar-refractivity contribution is 6.08. The van der Waals surface area contributed by atoms with Crippen molar-refractivity contribution in [3.8, 4) is 0 Å². The van der Waals surface area contributed by atoms with Crippen LogP contribution < -0.4 is 5.32 Å². The maximum atomic E-state index is 12.1. The van der Waals surface area contributed by atoms with E-state index in [4.69, 9.17) is 4.42 Å². The van der Waals surface area contributed by atoms with Crippen molar-refractivity contribution in [3.63, 3.8) is 0 Å². The SMILES string of the molecule is CCc1ccc2c(c1)[C@](O)(CC(=O)c1ccco1)C(=O)N2. The monoisotopic (exact) mass is 285 g/mol. The van der Waals surface area contributed by atoms with E-state index in [1.807, 2.05) is 13.0 Å². The van der Waals surface area contributed by atoms with Gasteiger partial charge in [0.25, 0.3) is 5.91 Å². The summed E-state index contributed by atoms with van der Waals surface area (Å²) in [5.74, 6) is -0.852. The van der Waals surface area contributed by atoms with Crippen molar-refractivity contribution in [1.82, 2.24) is 0 Å². The van der Waals surface area contributed by atoms with Gasteiger partial charge in [0.1, 0.15) is 0 Å². The van der Waals surface area contributed by atoms with E-state index in [1.54, 1.807) is 18.2 Å². The van der Waals surface area contributed by atoms with Crippen LogP contribution in [-0.2, 0) is 16.8 Å². The van der Waals surface area contributed by atoms with E-state index in [1.165, 1.54) is 12.3 Å². The van der Waals surface area contributed by atoms with Crippen molar-refractivity contribution >= 4 is 17.4 Å². The van der Waals surface area contributed by atoms with Crippen LogP contribution in [0.3, 0.4) is 0 Å². The highest BCUT2D eigenvalue weighted by Gasteiger charge is 2.47. The summed E-state index contributed by atoms with van der Waals surface area (Å²) in [7, 11) is 0. The molecule has 1 aliphatic heterocycles. The van der Waals surface area contributed by atoms with Crippen LogP contribution in [0.1, 0.15) is 35.0 Å². The van der Waals surface area contributed by atoms with Gasteiger partial charge in [-0.3, -0.25) is 9.59 Å². The summed E-state index contributed by atoms with van der Waals surface area (Å²) in [5.41, 5.74) is 0.150. The number of hydrogen-bond donors (Lipinski definition) is 2. The van der Waals surface area contributed by atoms with Crippen LogP contribution in [0, 0.1) is 0 Å². The summed E-state index contributed by atoms with van der Waals surface area (Å²) in [6, 6.07) is 8.51. The van der Waals surface area contributed by atoms with Gasteiger partial charge in [-0.15, -0.1) is 0 Å². The molecule has 0 fully saturated rings. The average molecular weight is 285 g/mol. The second-order valence-electron chi connectivity index (χ2n) is 5.13. The van der Waals surface area contributed by atoms with Crippen molar-refractivity contribution in [2.75, 3.05) is 5.32 Å². The summed E-state index contributed by atoms with van der Waals surface area (Å²) >= 11 is 0. The molecule has 1 aromatic heterocycles. The fourth-order valence-corrected chi connectivity index (χ4v) is 2.54. The van der Waals surface area contributed by atoms with E-state index in [2.05, 4.69) is 5.32 Å². The predicted molar refractivity (Wildman–Crippen MR) is 76.0 cm³/mol. The van der Waals surface area contributed by atoms with Crippen LogP contribution in [0.15, 0.2) is 41.0 Å². The number of aliphatic hydroxyl groups is 1. The van der Waals surface area contributed by atoms with E-state index in [0.29, 0.717) is 11.3 Å². The average Bonchev–Trinajstić information content (AvgIpc) is 3.08. The fourth-order valence-electron chi connectivity index (χ4n) is 2.54. The number of amides is 1. The number of carbonyl (C=O) groups is 2. The van der Waals surface area contributed by atoms with E-state index >= 15 is 0 Å². The zero-order valence-electron chi connectivity index (χ0n) is 11.6. The maximum absolute atomic E-state index is 12.1. The molecular weight excluding hydrogens is 270 g/mol. The van der Waals surface area contributed by atoms with Crippen LogP contribution in [0.5, 0.6) is 0 Å². The lowest BCUT2D eigenvalue weighted by Gasteiger charge is -2.19. The second-order valence-corrected chi connectivity index (χ2v) is 5.13. The Labute approximate surface area is 121 Å². The Bertz CT molecular complexity index is 705. The predicted octanol–water partition coefficient (Wildman–Crippen LogP) is 2.25. The molecule has 0 radical (unpaired) electrons. The van der Waals surface area contributed by atoms with Gasteiger partial charge in [-0.25, -0.2) is 0 Å². The Balaban J connectivity index is 1.97. The van der Waals surface area contributed by atoms with Crippen LogP contribution in [-0.4, -0.2) is 16.8 Å². The molecule has 1 aromatic carbocycles. The van der Waals surface area contributed by atoms with E-state index in [9.17, 15) is 14.7 Å². The van der Waals surface area contributed by atoms with Gasteiger partial charge in [-0.1, -0.05) is 19.1 Å². The number of anilines is 1. The van der Waals surface area contributed by atoms with Crippen molar-refractivity contribution in [2.45, 2.75) is 25.4 Å². The Hall–Kier alpha value is -2.40. The number of hydrogen-bond acceptors (Lipinski definition) is 4. The molecule has 1 aliphatic rings. The topological polar surface area (TPSA) is 79.5 Å². The van der Waals surface area contributed by atoms with E-state index in [0.717, 1.165) is 12.0 Å². The Morgan fingerprint density at radius 3 is 2.86 bits per heavy atom. The Morgan fingerprint density at radius 1 is 1.38 bits per heavy atom. The third kappa shape index (κ3) is 2.15. The number of Topliss-reactive ketones (excluding diaryl/α,β-unsaturated/α-hetero) is 1. The molecule has 1 atom stereocenters. The first-order chi connectivity index (χ1) is 10.0. The van der Waals surface area contributed by atoms with Crippen LogP contribution in [0.25, 0.3) is 0 Å². The molecule has 0 aliphatic carbocycles. The molecule has 5 heteroatoms. The smallest absolute Gasteiger partial charge is 0.261 e. The summed E-state index contributed by atoms with van der Waals surface area (Å²) in [5, 5.41) is 13.3. The molecule has 2 aromatic rings. The molecule has 1 amide bonds.